The summed E-state index contributed by atoms with van der Waals surface area (Å²) in [5, 5.41) is 3.74. The Balaban J connectivity index is 3.05. The van der Waals surface area contributed by atoms with Gasteiger partial charge in [-0.25, -0.2) is 0 Å². The predicted molar refractivity (Wildman–Crippen MR) is 59.8 cm³/mol. The van der Waals surface area contributed by atoms with Gasteiger partial charge >= 0.3 is 6.18 Å². The van der Waals surface area contributed by atoms with E-state index in [0.717, 1.165) is 0 Å². The molecule has 102 valence electrons. The molecule has 0 atom stereocenters. The molecule has 0 fully saturated rings. The van der Waals surface area contributed by atoms with Crippen LogP contribution >= 0.6 is 0 Å². The number of nitrogens with two attached hydrogens (primary N) is 1. The number of rotatable bonds is 3. The topological polar surface area (TPSA) is 64.2 Å². The number of nitrogen functional groups attached to an aromatic ring is 1. The standard InChI is InChI=1S/C10H15F3N4O/c1-6(2)17(5-10(11,12)13)9(18)8-7(14)4-15-16(8)3/h4,6H,5,14H2,1-3H3. The van der Waals surface area contributed by atoms with Crippen molar-refractivity contribution in [2.75, 3.05) is 12.3 Å². The average molecular weight is 264 g/mol. The highest BCUT2D eigenvalue weighted by atomic mass is 19.4. The molecule has 1 heterocycles. The molecule has 0 saturated carbocycles. The molecule has 1 aromatic heterocycles. The summed E-state index contributed by atoms with van der Waals surface area (Å²) >= 11 is 0. The van der Waals surface area contributed by atoms with Crippen LogP contribution in [-0.2, 0) is 7.05 Å². The number of amides is 1. The summed E-state index contributed by atoms with van der Waals surface area (Å²) in [6.45, 7) is 1.71. The van der Waals surface area contributed by atoms with Gasteiger partial charge in [0.1, 0.15) is 12.2 Å². The van der Waals surface area contributed by atoms with Crippen LogP contribution in [0.15, 0.2) is 6.20 Å². The first-order valence-electron chi connectivity index (χ1n) is 5.28. The number of hydrogen-bond acceptors (Lipinski definition) is 3. The van der Waals surface area contributed by atoms with Gasteiger partial charge in [0.05, 0.1) is 11.9 Å². The van der Waals surface area contributed by atoms with E-state index in [0.29, 0.717) is 4.90 Å². The van der Waals surface area contributed by atoms with Crippen molar-refractivity contribution in [1.82, 2.24) is 14.7 Å². The van der Waals surface area contributed by atoms with Crippen molar-refractivity contribution < 1.29 is 18.0 Å². The number of carbonyl (C=O) groups is 1. The molecule has 18 heavy (non-hydrogen) atoms. The number of alkyl halides is 3. The summed E-state index contributed by atoms with van der Waals surface area (Å²) in [6, 6.07) is -0.589. The minimum atomic E-state index is -4.45. The molecule has 0 spiro atoms. The van der Waals surface area contributed by atoms with Crippen molar-refractivity contribution in [2.24, 2.45) is 7.05 Å². The van der Waals surface area contributed by atoms with Gasteiger partial charge in [-0.1, -0.05) is 0 Å². The lowest BCUT2D eigenvalue weighted by atomic mass is 10.2. The fourth-order valence-corrected chi connectivity index (χ4v) is 1.53. The second kappa shape index (κ2) is 4.87. The number of aromatic nitrogens is 2. The van der Waals surface area contributed by atoms with Crippen LogP contribution in [0.25, 0.3) is 0 Å². The number of anilines is 1. The minimum Gasteiger partial charge on any atom is -0.396 e. The van der Waals surface area contributed by atoms with E-state index in [1.807, 2.05) is 0 Å². The Morgan fingerprint density at radius 1 is 1.56 bits per heavy atom. The lowest BCUT2D eigenvalue weighted by Crippen LogP contribution is -2.44. The van der Waals surface area contributed by atoms with E-state index in [-0.39, 0.29) is 11.4 Å². The lowest BCUT2D eigenvalue weighted by Gasteiger charge is -2.27. The number of halogens is 3. The fourth-order valence-electron chi connectivity index (χ4n) is 1.53. The maximum atomic E-state index is 12.4. The van der Waals surface area contributed by atoms with E-state index in [1.54, 1.807) is 0 Å². The molecule has 1 aromatic rings. The lowest BCUT2D eigenvalue weighted by molar-refractivity contribution is -0.143. The Labute approximate surface area is 102 Å². The zero-order valence-corrected chi connectivity index (χ0v) is 10.3. The Morgan fingerprint density at radius 3 is 2.44 bits per heavy atom. The van der Waals surface area contributed by atoms with Gasteiger partial charge in [-0.15, -0.1) is 0 Å². The van der Waals surface area contributed by atoms with Crippen LogP contribution in [0.5, 0.6) is 0 Å². The molecule has 0 radical (unpaired) electrons. The van der Waals surface area contributed by atoms with Crippen molar-refractivity contribution in [3.63, 3.8) is 0 Å². The monoisotopic (exact) mass is 264 g/mol. The summed E-state index contributed by atoms with van der Waals surface area (Å²) in [4.78, 5) is 12.8. The number of hydrogen-bond donors (Lipinski definition) is 1. The Morgan fingerprint density at radius 2 is 2.11 bits per heavy atom. The van der Waals surface area contributed by atoms with Crippen LogP contribution in [0.4, 0.5) is 18.9 Å². The molecule has 2 N–H and O–H groups in total. The maximum absolute atomic E-state index is 12.4. The molecule has 0 saturated heterocycles. The number of carbonyl (C=O) groups excluding carboxylic acids is 1. The van der Waals surface area contributed by atoms with Crippen molar-refractivity contribution in [2.45, 2.75) is 26.1 Å². The van der Waals surface area contributed by atoms with Crippen LogP contribution in [-0.4, -0.2) is 39.4 Å². The Hall–Kier alpha value is -1.73. The molecular weight excluding hydrogens is 249 g/mol. The van der Waals surface area contributed by atoms with Gasteiger partial charge in [-0.2, -0.15) is 18.3 Å². The zero-order chi connectivity index (χ0) is 14.1. The summed E-state index contributed by atoms with van der Waals surface area (Å²) in [7, 11) is 1.45. The summed E-state index contributed by atoms with van der Waals surface area (Å²) < 4.78 is 38.4. The highest BCUT2D eigenvalue weighted by molar-refractivity contribution is 5.97. The second-order valence-corrected chi connectivity index (χ2v) is 4.21. The van der Waals surface area contributed by atoms with Crippen LogP contribution < -0.4 is 5.73 Å². The molecule has 0 aliphatic carbocycles. The van der Waals surface area contributed by atoms with Crippen LogP contribution in [0.3, 0.4) is 0 Å². The highest BCUT2D eigenvalue weighted by Gasteiger charge is 2.35. The summed E-state index contributed by atoms with van der Waals surface area (Å²) in [6.07, 6.45) is -3.22. The van der Waals surface area contributed by atoms with E-state index in [1.165, 1.54) is 31.8 Å². The van der Waals surface area contributed by atoms with E-state index in [2.05, 4.69) is 5.10 Å². The normalized spacial score (nSPS) is 11.9. The molecule has 8 heteroatoms. The van der Waals surface area contributed by atoms with Gasteiger partial charge in [0.25, 0.3) is 5.91 Å². The van der Waals surface area contributed by atoms with E-state index in [9.17, 15) is 18.0 Å². The first-order valence-corrected chi connectivity index (χ1v) is 5.28. The molecule has 0 aliphatic rings. The van der Waals surface area contributed by atoms with Gasteiger partial charge in [-0.05, 0) is 13.8 Å². The number of nitrogens with zero attached hydrogens (tertiary/aromatic N) is 3. The molecule has 1 rings (SSSR count). The third-order valence-electron chi connectivity index (χ3n) is 2.40. The van der Waals surface area contributed by atoms with Gasteiger partial charge in [0.15, 0.2) is 0 Å². The molecule has 0 bridgehead atoms. The smallest absolute Gasteiger partial charge is 0.396 e. The Kier molecular flexibility index (Phi) is 3.88. The van der Waals surface area contributed by atoms with Gasteiger partial charge in [0, 0.05) is 13.1 Å². The second-order valence-electron chi connectivity index (χ2n) is 4.21. The van der Waals surface area contributed by atoms with Crippen molar-refractivity contribution in [1.29, 1.82) is 0 Å². The predicted octanol–water partition coefficient (Wildman–Crippen LogP) is 1.42. The first-order chi connectivity index (χ1) is 8.13. The zero-order valence-electron chi connectivity index (χ0n) is 10.3. The molecular formula is C10H15F3N4O. The molecule has 0 unspecified atom stereocenters. The van der Waals surface area contributed by atoms with Crippen molar-refractivity contribution in [3.8, 4) is 0 Å². The molecule has 0 aliphatic heterocycles. The summed E-state index contributed by atoms with van der Waals surface area (Å²) in [5.41, 5.74) is 5.56. The first kappa shape index (κ1) is 14.3. The third-order valence-corrected chi connectivity index (χ3v) is 2.40. The van der Waals surface area contributed by atoms with Crippen molar-refractivity contribution >= 4 is 11.6 Å². The third kappa shape index (κ3) is 3.14. The molecule has 5 nitrogen and oxygen atoms in total. The largest absolute Gasteiger partial charge is 0.406 e. The fraction of sp³-hybridized carbons (Fsp3) is 0.600. The number of aryl methyl sites for hydroxylation is 1. The van der Waals surface area contributed by atoms with Gasteiger partial charge in [0.2, 0.25) is 0 Å². The van der Waals surface area contributed by atoms with Crippen molar-refractivity contribution in [3.05, 3.63) is 11.9 Å². The molecule has 0 aromatic carbocycles. The summed E-state index contributed by atoms with van der Waals surface area (Å²) in [5.74, 6) is -0.778. The van der Waals surface area contributed by atoms with Gasteiger partial charge < -0.3 is 10.6 Å². The van der Waals surface area contributed by atoms with E-state index >= 15 is 0 Å². The average Bonchev–Trinajstić information content (AvgIpc) is 2.52. The van der Waals surface area contributed by atoms with E-state index < -0.39 is 24.7 Å². The molecule has 1 amide bonds. The van der Waals surface area contributed by atoms with Crippen LogP contribution in [0, 0.1) is 0 Å². The SMILES string of the molecule is CC(C)N(CC(F)(F)F)C(=O)c1c(N)cnn1C. The highest BCUT2D eigenvalue weighted by Crippen LogP contribution is 2.21. The van der Waals surface area contributed by atoms with Gasteiger partial charge in [-0.3, -0.25) is 9.48 Å². The Bertz CT molecular complexity index is 419. The van der Waals surface area contributed by atoms with Crippen LogP contribution in [0.1, 0.15) is 24.3 Å². The maximum Gasteiger partial charge on any atom is 0.406 e. The quantitative estimate of drug-likeness (QED) is 0.897. The minimum absolute atomic E-state index is 0.0343. The van der Waals surface area contributed by atoms with E-state index in [4.69, 9.17) is 5.73 Å². The van der Waals surface area contributed by atoms with Crippen LogP contribution in [0.2, 0.25) is 0 Å².